The van der Waals surface area contributed by atoms with Crippen LogP contribution in [0.15, 0.2) is 52.5 Å². The average Bonchev–Trinajstić information content (AvgIpc) is 3.41. The van der Waals surface area contributed by atoms with Gasteiger partial charge in [-0.1, -0.05) is 12.1 Å². The number of rotatable bonds is 6. The van der Waals surface area contributed by atoms with Gasteiger partial charge in [-0.3, -0.25) is 9.69 Å². The van der Waals surface area contributed by atoms with E-state index in [1.165, 1.54) is 23.5 Å². The summed E-state index contributed by atoms with van der Waals surface area (Å²) in [5.74, 6) is 0.490. The zero-order valence-corrected chi connectivity index (χ0v) is 17.3. The van der Waals surface area contributed by atoms with Crippen LogP contribution in [0.2, 0.25) is 0 Å². The number of benzene rings is 1. The van der Waals surface area contributed by atoms with Gasteiger partial charge in [-0.2, -0.15) is 0 Å². The van der Waals surface area contributed by atoms with E-state index >= 15 is 0 Å². The molecule has 0 radical (unpaired) electrons. The summed E-state index contributed by atoms with van der Waals surface area (Å²) in [6, 6.07) is 9.50. The Balaban J connectivity index is 1.24. The molecule has 0 saturated carbocycles. The molecular weight excluding hydrogens is 431 g/mol. The van der Waals surface area contributed by atoms with Crippen LogP contribution in [-0.4, -0.2) is 53.2 Å². The van der Waals surface area contributed by atoms with E-state index in [0.717, 1.165) is 16.3 Å². The molecule has 0 unspecified atom stereocenters. The smallest absolute Gasteiger partial charge is 0.462 e. The highest BCUT2D eigenvalue weighted by Crippen LogP contribution is 2.25. The summed E-state index contributed by atoms with van der Waals surface area (Å²) in [5, 5.41) is 2.63. The number of aromatic nitrogens is 1. The van der Waals surface area contributed by atoms with Crippen molar-refractivity contribution in [3.8, 4) is 16.5 Å². The number of hydrogen-bond acceptors (Lipinski definition) is 6. The summed E-state index contributed by atoms with van der Waals surface area (Å²) in [6.45, 7) is 3.20. The molecule has 0 aliphatic carbocycles. The van der Waals surface area contributed by atoms with Crippen LogP contribution in [-0.2, 0) is 17.8 Å². The van der Waals surface area contributed by atoms with Gasteiger partial charge in [-0.05, 0) is 29.8 Å². The Morgan fingerprint density at radius 3 is 2.52 bits per heavy atom. The van der Waals surface area contributed by atoms with Crippen LogP contribution in [0.4, 0.5) is 13.2 Å². The van der Waals surface area contributed by atoms with Gasteiger partial charge in [0.2, 0.25) is 5.91 Å². The molecule has 1 aliphatic heterocycles. The quantitative estimate of drug-likeness (QED) is 0.563. The molecule has 0 atom stereocenters. The molecule has 1 aromatic carbocycles. The van der Waals surface area contributed by atoms with Gasteiger partial charge in [0.25, 0.3) is 0 Å². The van der Waals surface area contributed by atoms with Crippen LogP contribution in [0.3, 0.4) is 0 Å². The number of carbonyl (C=O) groups excluding carboxylic acids is 1. The molecule has 164 valence electrons. The topological polar surface area (TPSA) is 58.8 Å². The lowest BCUT2D eigenvalue weighted by molar-refractivity contribution is -0.274. The summed E-state index contributed by atoms with van der Waals surface area (Å²) in [4.78, 5) is 21.1. The standard InChI is InChI=1S/C21H20F3N3O3S/c22-21(23,24)30-17-5-3-15(4-6-17)13-26-7-9-27(10-8-26)19(28)12-16-14-31-20(25-16)18-2-1-11-29-18/h1-6,11,14H,7-10,12-13H2. The van der Waals surface area contributed by atoms with Crippen molar-refractivity contribution >= 4 is 17.2 Å². The summed E-state index contributed by atoms with van der Waals surface area (Å²) in [7, 11) is 0. The summed E-state index contributed by atoms with van der Waals surface area (Å²) in [6.07, 6.45) is -2.85. The lowest BCUT2D eigenvalue weighted by Crippen LogP contribution is -2.48. The van der Waals surface area contributed by atoms with Crippen molar-refractivity contribution in [3.63, 3.8) is 0 Å². The molecule has 4 rings (SSSR count). The molecule has 31 heavy (non-hydrogen) atoms. The van der Waals surface area contributed by atoms with E-state index in [9.17, 15) is 18.0 Å². The average molecular weight is 451 g/mol. The van der Waals surface area contributed by atoms with Gasteiger partial charge >= 0.3 is 6.36 Å². The minimum absolute atomic E-state index is 0.0320. The minimum atomic E-state index is -4.69. The second kappa shape index (κ2) is 9.11. The highest BCUT2D eigenvalue weighted by Gasteiger charge is 2.31. The second-order valence-electron chi connectivity index (χ2n) is 7.15. The molecule has 1 saturated heterocycles. The highest BCUT2D eigenvalue weighted by atomic mass is 32.1. The number of piperazine rings is 1. The first kappa shape index (κ1) is 21.4. The van der Waals surface area contributed by atoms with Gasteiger partial charge < -0.3 is 14.1 Å². The zero-order valence-electron chi connectivity index (χ0n) is 16.5. The van der Waals surface area contributed by atoms with E-state index in [-0.39, 0.29) is 18.1 Å². The number of ether oxygens (including phenoxy) is 1. The number of nitrogens with zero attached hydrogens (tertiary/aromatic N) is 3. The lowest BCUT2D eigenvalue weighted by atomic mass is 10.2. The van der Waals surface area contributed by atoms with Crippen LogP contribution in [0, 0.1) is 0 Å². The van der Waals surface area contributed by atoms with Gasteiger partial charge in [0.1, 0.15) is 5.75 Å². The number of thiazole rings is 1. The Bertz CT molecular complexity index is 995. The SMILES string of the molecule is O=C(Cc1csc(-c2ccco2)n1)N1CCN(Cc2ccc(OC(F)(F)F)cc2)CC1. The number of hydrogen-bond donors (Lipinski definition) is 0. The van der Waals surface area contributed by atoms with Crippen LogP contribution in [0.1, 0.15) is 11.3 Å². The van der Waals surface area contributed by atoms with E-state index in [2.05, 4.69) is 14.6 Å². The van der Waals surface area contributed by atoms with Crippen molar-refractivity contribution in [1.29, 1.82) is 0 Å². The maximum absolute atomic E-state index is 12.6. The van der Waals surface area contributed by atoms with Crippen molar-refractivity contribution in [3.05, 3.63) is 59.3 Å². The van der Waals surface area contributed by atoms with Crippen LogP contribution in [0.5, 0.6) is 5.75 Å². The van der Waals surface area contributed by atoms with Gasteiger partial charge in [-0.15, -0.1) is 24.5 Å². The van der Waals surface area contributed by atoms with E-state index in [0.29, 0.717) is 38.5 Å². The number of amides is 1. The van der Waals surface area contributed by atoms with Crippen molar-refractivity contribution in [1.82, 2.24) is 14.8 Å². The van der Waals surface area contributed by atoms with E-state index in [1.807, 2.05) is 16.3 Å². The first-order valence-electron chi connectivity index (χ1n) is 9.69. The van der Waals surface area contributed by atoms with Crippen LogP contribution >= 0.6 is 11.3 Å². The molecule has 1 aliphatic rings. The van der Waals surface area contributed by atoms with E-state index < -0.39 is 6.36 Å². The van der Waals surface area contributed by atoms with Gasteiger partial charge in [-0.25, -0.2) is 4.98 Å². The molecule has 2 aromatic heterocycles. The first-order chi connectivity index (χ1) is 14.9. The molecule has 0 N–H and O–H groups in total. The fourth-order valence-electron chi connectivity index (χ4n) is 3.38. The van der Waals surface area contributed by atoms with E-state index in [1.54, 1.807) is 24.5 Å². The van der Waals surface area contributed by atoms with Crippen molar-refractivity contribution < 1.29 is 27.1 Å². The van der Waals surface area contributed by atoms with Gasteiger partial charge in [0, 0.05) is 38.1 Å². The Hall–Kier alpha value is -2.85. The predicted molar refractivity (Wildman–Crippen MR) is 109 cm³/mol. The van der Waals surface area contributed by atoms with Crippen molar-refractivity contribution in [2.45, 2.75) is 19.3 Å². The normalized spacial score (nSPS) is 15.3. The van der Waals surface area contributed by atoms with Crippen LogP contribution in [0.25, 0.3) is 10.8 Å². The first-order valence-corrected chi connectivity index (χ1v) is 10.6. The number of alkyl halides is 3. The highest BCUT2D eigenvalue weighted by molar-refractivity contribution is 7.13. The van der Waals surface area contributed by atoms with Gasteiger partial charge in [0.05, 0.1) is 18.4 Å². The molecule has 0 bridgehead atoms. The summed E-state index contributed by atoms with van der Waals surface area (Å²) in [5.41, 5.74) is 1.62. The second-order valence-corrected chi connectivity index (χ2v) is 8.00. The van der Waals surface area contributed by atoms with Gasteiger partial charge in [0.15, 0.2) is 10.8 Å². The Kier molecular flexibility index (Phi) is 6.28. The monoisotopic (exact) mass is 451 g/mol. The molecule has 3 heterocycles. The molecule has 3 aromatic rings. The fourth-order valence-corrected chi connectivity index (χ4v) is 4.16. The molecule has 1 amide bonds. The lowest BCUT2D eigenvalue weighted by Gasteiger charge is -2.34. The van der Waals surface area contributed by atoms with Crippen molar-refractivity contribution in [2.75, 3.05) is 26.2 Å². The number of carbonyl (C=O) groups is 1. The fraction of sp³-hybridized carbons (Fsp3) is 0.333. The maximum atomic E-state index is 12.6. The Morgan fingerprint density at radius 2 is 1.87 bits per heavy atom. The predicted octanol–water partition coefficient (Wildman–Crippen LogP) is 4.19. The molecule has 6 nitrogen and oxygen atoms in total. The maximum Gasteiger partial charge on any atom is 0.573 e. The van der Waals surface area contributed by atoms with Crippen molar-refractivity contribution in [2.24, 2.45) is 0 Å². The summed E-state index contributed by atoms with van der Waals surface area (Å²) >= 11 is 1.45. The Labute approximate surface area is 180 Å². The largest absolute Gasteiger partial charge is 0.573 e. The zero-order chi connectivity index (χ0) is 21.8. The molecule has 1 fully saturated rings. The van der Waals surface area contributed by atoms with E-state index in [4.69, 9.17) is 4.42 Å². The molecule has 10 heteroatoms. The third-order valence-electron chi connectivity index (χ3n) is 4.90. The molecule has 0 spiro atoms. The number of furan rings is 1. The Morgan fingerprint density at radius 1 is 1.13 bits per heavy atom. The molecular formula is C21H20F3N3O3S. The third kappa shape index (κ3) is 5.86. The number of halogens is 3. The third-order valence-corrected chi connectivity index (χ3v) is 5.81. The minimum Gasteiger partial charge on any atom is -0.462 e. The van der Waals surface area contributed by atoms with Crippen LogP contribution < -0.4 is 4.74 Å². The summed E-state index contributed by atoms with van der Waals surface area (Å²) < 4.78 is 46.0.